The van der Waals surface area contributed by atoms with Crippen molar-refractivity contribution in [2.45, 2.75) is 25.5 Å². The number of aliphatic hydroxyl groups is 1. The number of aliphatic hydroxyl groups excluding tert-OH is 1. The summed E-state index contributed by atoms with van der Waals surface area (Å²) >= 11 is 0. The summed E-state index contributed by atoms with van der Waals surface area (Å²) in [6, 6.07) is 5.16. The van der Waals surface area contributed by atoms with Crippen LogP contribution in [0.3, 0.4) is 0 Å². The van der Waals surface area contributed by atoms with E-state index < -0.39 is 6.23 Å². The Morgan fingerprint density at radius 3 is 2.68 bits per heavy atom. The van der Waals surface area contributed by atoms with E-state index >= 15 is 0 Å². The fourth-order valence-corrected chi connectivity index (χ4v) is 2.35. The maximum Gasteiger partial charge on any atom is 0.130 e. The number of nitrogens with two attached hydrogens (primary N) is 2. The largest absolute Gasteiger partial charge is 0.508 e. The molecule has 2 aromatic rings. The molecule has 0 aliphatic heterocycles. The smallest absolute Gasteiger partial charge is 0.130 e. The van der Waals surface area contributed by atoms with Gasteiger partial charge in [-0.1, -0.05) is 0 Å². The van der Waals surface area contributed by atoms with Gasteiger partial charge in [-0.2, -0.15) is 0 Å². The molecule has 2 rings (SSSR count). The zero-order chi connectivity index (χ0) is 13.8. The second-order valence-electron chi connectivity index (χ2n) is 4.71. The van der Waals surface area contributed by atoms with Crippen LogP contribution in [0.2, 0.25) is 0 Å². The molecule has 19 heavy (non-hydrogen) atoms. The summed E-state index contributed by atoms with van der Waals surface area (Å²) in [6.45, 7) is 1.10. The van der Waals surface area contributed by atoms with Crippen molar-refractivity contribution in [1.29, 1.82) is 0 Å². The zero-order valence-electron chi connectivity index (χ0n) is 10.9. The van der Waals surface area contributed by atoms with Crippen LogP contribution in [-0.4, -0.2) is 27.9 Å². The third-order valence-corrected chi connectivity index (χ3v) is 3.30. The number of rotatable bonds is 6. The molecule has 0 aliphatic rings. The standard InChI is InChI=1S/C14H21N3O2/c15-6-1-2-14(19)17-9-10(5-7-16)12-8-11(18)3-4-13(12)17/h3-4,8-9,14,18-19H,1-2,5-7,15-16H2. The van der Waals surface area contributed by atoms with Gasteiger partial charge in [-0.25, -0.2) is 0 Å². The van der Waals surface area contributed by atoms with Gasteiger partial charge in [0.1, 0.15) is 12.0 Å². The molecule has 5 nitrogen and oxygen atoms in total. The summed E-state index contributed by atoms with van der Waals surface area (Å²) in [4.78, 5) is 0. The lowest BCUT2D eigenvalue weighted by molar-refractivity contribution is 0.0974. The number of phenols is 1. The van der Waals surface area contributed by atoms with Gasteiger partial charge in [-0.3, -0.25) is 0 Å². The molecule has 0 spiro atoms. The SMILES string of the molecule is NCCCC(O)n1cc(CCN)c2cc(O)ccc21. The quantitative estimate of drug-likeness (QED) is 0.627. The second kappa shape index (κ2) is 6.06. The lowest BCUT2D eigenvalue weighted by atomic mass is 10.1. The Morgan fingerprint density at radius 1 is 1.21 bits per heavy atom. The molecule has 0 aliphatic carbocycles. The number of hydrogen-bond acceptors (Lipinski definition) is 4. The fraction of sp³-hybridized carbons (Fsp3) is 0.429. The molecule has 1 aromatic heterocycles. The molecule has 1 atom stereocenters. The first-order chi connectivity index (χ1) is 9.17. The Hall–Kier alpha value is -1.56. The van der Waals surface area contributed by atoms with Crippen molar-refractivity contribution in [2.24, 2.45) is 11.5 Å². The lowest BCUT2D eigenvalue weighted by Gasteiger charge is -2.13. The average Bonchev–Trinajstić information content (AvgIpc) is 2.75. The normalized spacial score (nSPS) is 13.0. The Balaban J connectivity index is 2.43. The van der Waals surface area contributed by atoms with Crippen molar-refractivity contribution in [1.82, 2.24) is 4.57 Å². The van der Waals surface area contributed by atoms with Gasteiger partial charge in [0.2, 0.25) is 0 Å². The molecular formula is C14H21N3O2. The highest BCUT2D eigenvalue weighted by molar-refractivity contribution is 5.85. The number of hydrogen-bond donors (Lipinski definition) is 4. The molecule has 0 saturated heterocycles. The number of benzene rings is 1. The van der Waals surface area contributed by atoms with E-state index in [0.29, 0.717) is 19.5 Å². The number of phenolic OH excluding ortho intramolecular Hbond substituents is 1. The summed E-state index contributed by atoms with van der Waals surface area (Å²) < 4.78 is 1.83. The molecule has 0 amide bonds. The van der Waals surface area contributed by atoms with Crippen molar-refractivity contribution in [3.8, 4) is 5.75 Å². The number of fused-ring (bicyclic) bond motifs is 1. The molecule has 0 radical (unpaired) electrons. The second-order valence-corrected chi connectivity index (χ2v) is 4.71. The van der Waals surface area contributed by atoms with E-state index in [4.69, 9.17) is 11.5 Å². The highest BCUT2D eigenvalue weighted by Crippen LogP contribution is 2.28. The van der Waals surface area contributed by atoms with Crippen molar-refractivity contribution in [3.05, 3.63) is 30.0 Å². The molecular weight excluding hydrogens is 242 g/mol. The predicted molar refractivity (Wildman–Crippen MR) is 75.9 cm³/mol. The van der Waals surface area contributed by atoms with E-state index in [2.05, 4.69) is 0 Å². The number of aromatic hydroxyl groups is 1. The Labute approximate surface area is 112 Å². The van der Waals surface area contributed by atoms with Gasteiger partial charge < -0.3 is 26.2 Å². The van der Waals surface area contributed by atoms with Crippen molar-refractivity contribution >= 4 is 10.9 Å². The molecule has 104 valence electrons. The number of nitrogens with zero attached hydrogens (tertiary/aromatic N) is 1. The summed E-state index contributed by atoms with van der Waals surface area (Å²) in [5.74, 6) is 0.222. The van der Waals surface area contributed by atoms with Gasteiger partial charge in [0.15, 0.2) is 0 Å². The first kappa shape index (κ1) is 13.9. The lowest BCUT2D eigenvalue weighted by Crippen LogP contribution is -2.09. The summed E-state index contributed by atoms with van der Waals surface area (Å²) in [5, 5.41) is 20.7. The van der Waals surface area contributed by atoms with Crippen molar-refractivity contribution in [2.75, 3.05) is 13.1 Å². The maximum atomic E-state index is 10.2. The van der Waals surface area contributed by atoms with Gasteiger partial charge in [-0.15, -0.1) is 0 Å². The van der Waals surface area contributed by atoms with E-state index in [1.54, 1.807) is 12.1 Å². The van der Waals surface area contributed by atoms with Crippen LogP contribution in [-0.2, 0) is 6.42 Å². The summed E-state index contributed by atoms with van der Waals surface area (Å²) in [6.07, 6.45) is 3.42. The third-order valence-electron chi connectivity index (χ3n) is 3.30. The average molecular weight is 263 g/mol. The van der Waals surface area contributed by atoms with Crippen LogP contribution < -0.4 is 11.5 Å². The predicted octanol–water partition coefficient (Wildman–Crippen LogP) is 1.08. The van der Waals surface area contributed by atoms with Crippen LogP contribution >= 0.6 is 0 Å². The molecule has 1 heterocycles. The van der Waals surface area contributed by atoms with Gasteiger partial charge in [0, 0.05) is 11.6 Å². The van der Waals surface area contributed by atoms with Gasteiger partial charge >= 0.3 is 0 Å². The number of aromatic nitrogens is 1. The molecule has 6 N–H and O–H groups in total. The first-order valence-electron chi connectivity index (χ1n) is 6.58. The minimum absolute atomic E-state index is 0.222. The minimum Gasteiger partial charge on any atom is -0.508 e. The highest BCUT2D eigenvalue weighted by Gasteiger charge is 2.14. The van der Waals surface area contributed by atoms with E-state index in [0.717, 1.165) is 29.3 Å². The highest BCUT2D eigenvalue weighted by atomic mass is 16.3. The van der Waals surface area contributed by atoms with Gasteiger partial charge in [0.25, 0.3) is 0 Å². The molecule has 0 fully saturated rings. The third kappa shape index (κ3) is 2.89. The fourth-order valence-electron chi connectivity index (χ4n) is 2.35. The first-order valence-corrected chi connectivity index (χ1v) is 6.58. The Bertz CT molecular complexity index is 551. The van der Waals surface area contributed by atoms with E-state index in [9.17, 15) is 10.2 Å². The summed E-state index contributed by atoms with van der Waals surface area (Å²) in [7, 11) is 0. The van der Waals surface area contributed by atoms with Gasteiger partial charge in [0.05, 0.1) is 5.52 Å². The molecule has 5 heteroatoms. The van der Waals surface area contributed by atoms with Crippen LogP contribution in [0.1, 0.15) is 24.6 Å². The minimum atomic E-state index is -0.595. The van der Waals surface area contributed by atoms with Crippen LogP contribution in [0, 0.1) is 0 Å². The monoisotopic (exact) mass is 263 g/mol. The van der Waals surface area contributed by atoms with Crippen molar-refractivity contribution in [3.63, 3.8) is 0 Å². The molecule has 0 saturated carbocycles. The van der Waals surface area contributed by atoms with E-state index in [1.165, 1.54) is 0 Å². The maximum absolute atomic E-state index is 10.2. The molecule has 0 bridgehead atoms. The van der Waals surface area contributed by atoms with Crippen molar-refractivity contribution < 1.29 is 10.2 Å². The Morgan fingerprint density at radius 2 is 2.00 bits per heavy atom. The van der Waals surface area contributed by atoms with E-state index in [-0.39, 0.29) is 5.75 Å². The van der Waals surface area contributed by atoms with Crippen LogP contribution in [0.15, 0.2) is 24.4 Å². The summed E-state index contributed by atoms with van der Waals surface area (Å²) in [5.41, 5.74) is 13.0. The van der Waals surface area contributed by atoms with Crippen LogP contribution in [0.4, 0.5) is 0 Å². The van der Waals surface area contributed by atoms with Crippen LogP contribution in [0.25, 0.3) is 10.9 Å². The molecule has 1 unspecified atom stereocenters. The Kier molecular flexibility index (Phi) is 4.42. The molecule has 1 aromatic carbocycles. The zero-order valence-corrected chi connectivity index (χ0v) is 10.9. The van der Waals surface area contributed by atoms with Crippen LogP contribution in [0.5, 0.6) is 5.75 Å². The topological polar surface area (TPSA) is 97.4 Å². The van der Waals surface area contributed by atoms with Gasteiger partial charge in [-0.05, 0) is 56.1 Å². The van der Waals surface area contributed by atoms with E-state index in [1.807, 2.05) is 16.8 Å².